The number of alkyl carbamates (subject to hydrolysis) is 1. The van der Waals surface area contributed by atoms with E-state index in [0.29, 0.717) is 42.9 Å². The molecule has 1 aromatic rings. The summed E-state index contributed by atoms with van der Waals surface area (Å²) in [6.45, 7) is 7.08. The molecular weight excluding hydrogens is 910 g/mol. The van der Waals surface area contributed by atoms with Crippen molar-refractivity contribution >= 4 is 70.6 Å². The summed E-state index contributed by atoms with van der Waals surface area (Å²) >= 11 is 8.30. The van der Waals surface area contributed by atoms with Crippen molar-refractivity contribution in [3.05, 3.63) is 58.7 Å². The van der Waals surface area contributed by atoms with Crippen LogP contribution in [0.25, 0.3) is 0 Å². The summed E-state index contributed by atoms with van der Waals surface area (Å²) in [5, 5.41) is 17.4. The molecule has 0 aromatic heterocycles. The van der Waals surface area contributed by atoms with Crippen LogP contribution < -0.4 is 20.3 Å². The zero-order valence-electron chi connectivity index (χ0n) is 39.6. The SMILES string of the molecule is COc1cc2cc(c1Cl)N(C)C(=O)CC(OC(=O)[C@H](C)N(C)C(=O)[C@H](CCSC)NC(=O)CCCCCN1C(=O)C=CC1=O)C1(C)OC1C(C)C1CC(O)(NC(=O)O1)C(OC)/C=C/C=C(\C)C2. The van der Waals surface area contributed by atoms with Gasteiger partial charge in [0.1, 0.15) is 46.8 Å². The number of allylic oxidation sites excluding steroid dienone is 3. The van der Waals surface area contributed by atoms with Gasteiger partial charge in [0.15, 0.2) is 5.72 Å². The van der Waals surface area contributed by atoms with Crippen LogP contribution in [-0.4, -0.2) is 151 Å². The van der Waals surface area contributed by atoms with Gasteiger partial charge in [-0.05, 0) is 76.2 Å². The van der Waals surface area contributed by atoms with Crippen LogP contribution in [0.3, 0.4) is 0 Å². The lowest BCUT2D eigenvalue weighted by Crippen LogP contribution is -2.63. The minimum absolute atomic E-state index is 0.100. The second kappa shape index (κ2) is 22.9. The van der Waals surface area contributed by atoms with E-state index in [0.717, 1.165) is 16.0 Å². The molecular formula is C47H64ClN5O13S. The molecule has 0 aliphatic carbocycles. The first-order valence-electron chi connectivity index (χ1n) is 22.4. The van der Waals surface area contributed by atoms with Crippen molar-refractivity contribution < 1.29 is 62.4 Å². The standard InChI is InChI=1S/C47H64ClN5O13S/c1-27-14-13-15-35(63-8)47(61)26-34(64-45(60)50-47)28(2)42-46(4,66-42)36(25-40(57)52(6)32-23-30(22-27)24-33(62-7)41(32)48)65-44(59)29(3)51(5)43(58)31(19-21-67-9)49-37(54)16-11-10-12-20-53-38(55)17-18-39(53)56/h13-15,17-18,23-24,28-29,31,34-36,42,61H,10-12,16,19-22,25-26H2,1-9H3,(H,49,54)(H,50,60)/b15-13+,27-14+/t28?,29-,31-,34?,35?,36?,42?,46?,47?/m0/s1. The number of amides is 6. The molecule has 6 amide bonds. The number of halogens is 1. The minimum Gasteiger partial charge on any atom is -0.495 e. The number of nitrogens with one attached hydrogen (secondary N) is 2. The van der Waals surface area contributed by atoms with Crippen LogP contribution in [0.15, 0.2) is 48.1 Å². The zero-order valence-corrected chi connectivity index (χ0v) is 41.2. The highest BCUT2D eigenvalue weighted by Crippen LogP contribution is 2.49. The third-order valence-corrected chi connectivity index (χ3v) is 13.9. The number of ether oxygens (including phenoxy) is 5. The number of unbranched alkanes of at least 4 members (excludes halogenated alkanes) is 2. The van der Waals surface area contributed by atoms with E-state index in [1.807, 2.05) is 19.3 Å². The highest BCUT2D eigenvalue weighted by atomic mass is 35.5. The Hall–Kier alpha value is -4.95. The second-order valence-electron chi connectivity index (χ2n) is 17.7. The van der Waals surface area contributed by atoms with Crippen molar-refractivity contribution in [1.29, 1.82) is 0 Å². The van der Waals surface area contributed by atoms with Gasteiger partial charge in [0.05, 0.1) is 25.3 Å². The van der Waals surface area contributed by atoms with Crippen molar-refractivity contribution in [2.24, 2.45) is 5.92 Å². The first-order valence-corrected chi connectivity index (χ1v) is 24.1. The Morgan fingerprint density at radius 3 is 2.48 bits per heavy atom. The molecule has 0 spiro atoms. The number of esters is 1. The van der Waals surface area contributed by atoms with Crippen molar-refractivity contribution in [3.8, 4) is 5.75 Å². The second-order valence-corrected chi connectivity index (χ2v) is 19.1. The summed E-state index contributed by atoms with van der Waals surface area (Å²) in [7, 11) is 5.86. The summed E-state index contributed by atoms with van der Waals surface area (Å²) in [5.41, 5.74) is -1.19. The Kier molecular flexibility index (Phi) is 18.1. The molecule has 18 nitrogen and oxygen atoms in total. The number of aliphatic hydroxyl groups is 1. The summed E-state index contributed by atoms with van der Waals surface area (Å²) in [6, 6.07) is 1.38. The van der Waals surface area contributed by atoms with Gasteiger partial charge < -0.3 is 43.9 Å². The molecule has 5 rings (SSSR count). The average molecular weight is 975 g/mol. The Labute approximate surface area is 401 Å². The van der Waals surface area contributed by atoms with Crippen LogP contribution in [-0.2, 0) is 54.1 Å². The molecule has 368 valence electrons. The number of hydrogen-bond donors (Lipinski definition) is 3. The molecule has 4 aliphatic rings. The molecule has 2 fully saturated rings. The predicted octanol–water partition coefficient (Wildman–Crippen LogP) is 4.24. The third-order valence-electron chi connectivity index (χ3n) is 12.9. The summed E-state index contributed by atoms with van der Waals surface area (Å²) in [5.74, 6) is -2.70. The van der Waals surface area contributed by atoms with Crippen molar-refractivity contribution in [1.82, 2.24) is 20.4 Å². The summed E-state index contributed by atoms with van der Waals surface area (Å²) < 4.78 is 29.5. The molecule has 4 heterocycles. The fraction of sp³-hybridized carbons (Fsp3) is 0.596. The molecule has 3 N–H and O–H groups in total. The summed E-state index contributed by atoms with van der Waals surface area (Å²) in [4.78, 5) is 96.1. The van der Waals surface area contributed by atoms with E-state index in [2.05, 4.69) is 10.6 Å². The Balaban J connectivity index is 1.37. The van der Waals surface area contributed by atoms with Gasteiger partial charge in [-0.15, -0.1) is 0 Å². The number of thioether (sulfide) groups is 1. The molecule has 0 saturated carbocycles. The molecule has 4 aliphatic heterocycles. The van der Waals surface area contributed by atoms with Crippen LogP contribution in [0.5, 0.6) is 5.75 Å². The van der Waals surface area contributed by atoms with Gasteiger partial charge >= 0.3 is 12.1 Å². The van der Waals surface area contributed by atoms with Gasteiger partial charge in [0, 0.05) is 58.7 Å². The molecule has 4 bridgehead atoms. The number of epoxide rings is 1. The number of imide groups is 1. The fourth-order valence-electron chi connectivity index (χ4n) is 8.58. The van der Waals surface area contributed by atoms with Gasteiger partial charge in [-0.3, -0.25) is 34.2 Å². The summed E-state index contributed by atoms with van der Waals surface area (Å²) in [6.07, 6.45) is 6.61. The first kappa shape index (κ1) is 53.0. The number of anilines is 1. The molecule has 1 aromatic carbocycles. The van der Waals surface area contributed by atoms with Crippen LogP contribution in [0.1, 0.15) is 78.2 Å². The number of methoxy groups -OCH3 is 2. The van der Waals surface area contributed by atoms with Crippen molar-refractivity contribution in [2.45, 2.75) is 127 Å². The monoisotopic (exact) mass is 973 g/mol. The highest BCUT2D eigenvalue weighted by molar-refractivity contribution is 7.98. The number of fused-ring (bicyclic) bond motifs is 5. The van der Waals surface area contributed by atoms with E-state index in [1.54, 1.807) is 45.2 Å². The Morgan fingerprint density at radius 1 is 1.12 bits per heavy atom. The first-order chi connectivity index (χ1) is 31.7. The van der Waals surface area contributed by atoms with E-state index >= 15 is 0 Å². The average Bonchev–Trinajstić information content (AvgIpc) is 3.89. The lowest BCUT2D eigenvalue weighted by molar-refractivity contribution is -0.162. The lowest BCUT2D eigenvalue weighted by Gasteiger charge is -2.42. The fourth-order valence-corrected chi connectivity index (χ4v) is 9.37. The molecule has 2 saturated heterocycles. The number of rotatable bonds is 16. The lowest BCUT2D eigenvalue weighted by atomic mass is 9.83. The topological polar surface area (TPSA) is 223 Å². The minimum atomic E-state index is -1.88. The zero-order chi connectivity index (χ0) is 49.4. The number of likely N-dealkylation sites (N-methyl/N-ethyl adjacent to an activating group) is 1. The molecule has 20 heteroatoms. The normalized spacial score (nSPS) is 28.6. The van der Waals surface area contributed by atoms with Gasteiger partial charge in [-0.2, -0.15) is 11.8 Å². The van der Waals surface area contributed by atoms with E-state index in [4.69, 9.17) is 35.3 Å². The number of hydrogen-bond acceptors (Lipinski definition) is 14. The smallest absolute Gasteiger partial charge is 0.409 e. The van der Waals surface area contributed by atoms with E-state index in [-0.39, 0.29) is 48.6 Å². The van der Waals surface area contributed by atoms with Gasteiger partial charge in [-0.25, -0.2) is 9.59 Å². The molecule has 67 heavy (non-hydrogen) atoms. The molecule has 9 atom stereocenters. The van der Waals surface area contributed by atoms with Crippen LogP contribution >= 0.6 is 23.4 Å². The number of benzene rings is 1. The quantitative estimate of drug-likeness (QED) is 0.0913. The Morgan fingerprint density at radius 2 is 1.82 bits per heavy atom. The van der Waals surface area contributed by atoms with Gasteiger partial charge in [0.2, 0.25) is 17.7 Å². The molecule has 7 unspecified atom stereocenters. The maximum absolute atomic E-state index is 14.4. The maximum atomic E-state index is 14.4. The number of carbonyl (C=O) groups is 7. The van der Waals surface area contributed by atoms with Crippen molar-refractivity contribution in [2.75, 3.05) is 51.8 Å². The van der Waals surface area contributed by atoms with Crippen LogP contribution in [0.4, 0.5) is 10.5 Å². The van der Waals surface area contributed by atoms with E-state index < -0.39 is 84.0 Å². The predicted molar refractivity (Wildman–Crippen MR) is 250 cm³/mol. The maximum Gasteiger partial charge on any atom is 0.409 e. The van der Waals surface area contributed by atoms with Crippen molar-refractivity contribution in [3.63, 3.8) is 0 Å². The Bertz CT molecular complexity index is 2140. The van der Waals surface area contributed by atoms with Crippen LogP contribution in [0, 0.1) is 5.92 Å². The van der Waals surface area contributed by atoms with E-state index in [9.17, 15) is 38.7 Å². The number of carbonyl (C=O) groups excluding carboxylic acids is 7. The number of nitrogens with zero attached hydrogens (tertiary/aromatic N) is 3. The van der Waals surface area contributed by atoms with Gasteiger partial charge in [-0.1, -0.05) is 48.7 Å². The van der Waals surface area contributed by atoms with Gasteiger partial charge in [0.25, 0.3) is 11.8 Å². The van der Waals surface area contributed by atoms with E-state index in [1.165, 1.54) is 61.9 Å². The third kappa shape index (κ3) is 12.8. The largest absolute Gasteiger partial charge is 0.495 e. The highest BCUT2D eigenvalue weighted by Gasteiger charge is 2.64. The molecule has 0 radical (unpaired) electrons. The van der Waals surface area contributed by atoms with Crippen LogP contribution in [0.2, 0.25) is 5.02 Å².